The molecule has 2 aromatic carbocycles. The zero-order valence-electron chi connectivity index (χ0n) is 16.8. The molecule has 0 atom stereocenters. The Morgan fingerprint density at radius 3 is 2.34 bits per heavy atom. The van der Waals surface area contributed by atoms with Gasteiger partial charge in [-0.3, -0.25) is 9.59 Å². The molecular formula is C21H16F4N2O5. The Bertz CT molecular complexity index is 1320. The molecule has 11 heteroatoms. The van der Waals surface area contributed by atoms with Crippen molar-refractivity contribution in [1.82, 2.24) is 4.57 Å². The zero-order chi connectivity index (χ0) is 23.7. The minimum Gasteiger partial charge on any atom is -0.462 e. The molecule has 0 radical (unpaired) electrons. The lowest BCUT2D eigenvalue weighted by Gasteiger charge is -2.18. The first-order chi connectivity index (χ1) is 15.1. The Morgan fingerprint density at radius 1 is 1.03 bits per heavy atom. The molecule has 7 nitrogen and oxygen atoms in total. The number of aromatic nitrogens is 1. The van der Waals surface area contributed by atoms with Crippen molar-refractivity contribution in [2.24, 2.45) is 0 Å². The Morgan fingerprint density at radius 2 is 1.72 bits per heavy atom. The van der Waals surface area contributed by atoms with Gasteiger partial charge in [0.05, 0.1) is 28.9 Å². The van der Waals surface area contributed by atoms with E-state index >= 15 is 0 Å². The molecule has 0 saturated heterocycles. The second-order valence-electron chi connectivity index (χ2n) is 6.63. The lowest BCUT2D eigenvalue weighted by atomic mass is 10.1. The molecule has 3 aromatic rings. The number of nitrogen functional groups attached to an aromatic ring is 1. The molecule has 0 aliphatic carbocycles. The highest BCUT2D eigenvalue weighted by Crippen LogP contribution is 2.29. The molecule has 0 aliphatic heterocycles. The molecule has 0 amide bonds. The molecule has 32 heavy (non-hydrogen) atoms. The third-order valence-electron chi connectivity index (χ3n) is 4.51. The highest BCUT2D eigenvalue weighted by atomic mass is 19.2. The van der Waals surface area contributed by atoms with Crippen LogP contribution >= 0.6 is 0 Å². The van der Waals surface area contributed by atoms with E-state index in [1.807, 2.05) is 0 Å². The fourth-order valence-corrected chi connectivity index (χ4v) is 3.07. The monoisotopic (exact) mass is 452 g/mol. The molecule has 0 bridgehead atoms. The van der Waals surface area contributed by atoms with Crippen molar-refractivity contribution in [2.45, 2.75) is 20.5 Å². The minimum absolute atomic E-state index is 0.0595. The Balaban J connectivity index is 2.47. The number of carbonyl (C=O) groups is 2. The Labute approximate surface area is 178 Å². The van der Waals surface area contributed by atoms with Gasteiger partial charge >= 0.3 is 11.9 Å². The van der Waals surface area contributed by atoms with Crippen LogP contribution in [0.2, 0.25) is 0 Å². The van der Waals surface area contributed by atoms with E-state index in [1.165, 1.54) is 6.92 Å². The van der Waals surface area contributed by atoms with E-state index in [-0.39, 0.29) is 17.9 Å². The van der Waals surface area contributed by atoms with Gasteiger partial charge in [-0.1, -0.05) is 0 Å². The van der Waals surface area contributed by atoms with Crippen LogP contribution in [0.4, 0.5) is 23.2 Å². The van der Waals surface area contributed by atoms with Gasteiger partial charge in [-0.05, 0) is 25.1 Å². The lowest BCUT2D eigenvalue weighted by molar-refractivity contribution is -0.142. The van der Waals surface area contributed by atoms with Crippen LogP contribution in [0.3, 0.4) is 0 Å². The van der Waals surface area contributed by atoms with Gasteiger partial charge in [-0.25, -0.2) is 22.4 Å². The van der Waals surface area contributed by atoms with Gasteiger partial charge in [0.15, 0.2) is 17.5 Å². The highest BCUT2D eigenvalue weighted by molar-refractivity contribution is 5.94. The van der Waals surface area contributed by atoms with E-state index in [1.54, 1.807) is 0 Å². The fourth-order valence-electron chi connectivity index (χ4n) is 3.07. The molecule has 0 aliphatic rings. The van der Waals surface area contributed by atoms with E-state index in [9.17, 15) is 31.9 Å². The van der Waals surface area contributed by atoms with Gasteiger partial charge in [-0.2, -0.15) is 0 Å². The van der Waals surface area contributed by atoms with Gasteiger partial charge in [0.1, 0.15) is 18.0 Å². The van der Waals surface area contributed by atoms with Gasteiger partial charge in [0, 0.05) is 18.7 Å². The quantitative estimate of drug-likeness (QED) is 0.276. The number of benzene rings is 2. The summed E-state index contributed by atoms with van der Waals surface area (Å²) in [6.07, 6.45) is 0.840. The zero-order valence-corrected chi connectivity index (χ0v) is 16.8. The number of fused-ring (bicyclic) bond motifs is 1. The molecule has 0 spiro atoms. The lowest BCUT2D eigenvalue weighted by Crippen LogP contribution is -2.22. The van der Waals surface area contributed by atoms with Crippen molar-refractivity contribution in [3.05, 3.63) is 69.0 Å². The van der Waals surface area contributed by atoms with Gasteiger partial charge in [0.25, 0.3) is 0 Å². The van der Waals surface area contributed by atoms with Crippen LogP contribution in [-0.4, -0.2) is 23.1 Å². The summed E-state index contributed by atoms with van der Waals surface area (Å²) in [6, 6.07) is 2.33. The molecule has 0 unspecified atom stereocenters. The topological polar surface area (TPSA) is 101 Å². The average molecular weight is 452 g/mol. The maximum Gasteiger partial charge on any atom is 0.343 e. The molecule has 3 rings (SSSR count). The number of ether oxygens (including phenoxy) is 2. The molecule has 0 fully saturated rings. The van der Waals surface area contributed by atoms with E-state index in [0.717, 1.165) is 29.8 Å². The smallest absolute Gasteiger partial charge is 0.343 e. The highest BCUT2D eigenvalue weighted by Gasteiger charge is 2.25. The summed E-state index contributed by atoms with van der Waals surface area (Å²) in [4.78, 5) is 36.3. The van der Waals surface area contributed by atoms with Crippen molar-refractivity contribution in [3.8, 4) is 5.69 Å². The summed E-state index contributed by atoms with van der Waals surface area (Å²) in [5.41, 5.74) is 2.53. The van der Waals surface area contributed by atoms with E-state index in [0.29, 0.717) is 6.07 Å². The number of carbonyl (C=O) groups excluding carboxylic acids is 2. The summed E-state index contributed by atoms with van der Waals surface area (Å²) >= 11 is 0. The third kappa shape index (κ3) is 4.01. The fraction of sp³-hybridized carbons (Fsp3) is 0.190. The predicted molar refractivity (Wildman–Crippen MR) is 105 cm³/mol. The number of nitrogens with zero attached hydrogens (tertiary/aromatic N) is 1. The van der Waals surface area contributed by atoms with Crippen molar-refractivity contribution < 1.29 is 36.6 Å². The summed E-state index contributed by atoms with van der Waals surface area (Å²) in [5, 5.41) is -0.673. The maximum atomic E-state index is 14.8. The van der Waals surface area contributed by atoms with Crippen molar-refractivity contribution >= 4 is 28.5 Å². The summed E-state index contributed by atoms with van der Waals surface area (Å²) in [5.74, 6) is -7.97. The number of nitrogens with two attached hydrogens (primary N) is 1. The van der Waals surface area contributed by atoms with Crippen LogP contribution in [0.1, 0.15) is 29.8 Å². The van der Waals surface area contributed by atoms with E-state index < -0.39 is 69.4 Å². The number of esters is 2. The number of halogens is 4. The molecule has 1 aromatic heterocycles. The number of hydrogen-bond acceptors (Lipinski definition) is 6. The van der Waals surface area contributed by atoms with Crippen molar-refractivity contribution in [3.63, 3.8) is 0 Å². The Kier molecular flexibility index (Phi) is 6.19. The standard InChI is InChI=1S/C21H16F4N2O5/c1-3-31-21(30)12-7-27(19-11(20(12)29)5-14(23)17(24)18(19)25)16-6-15(26)13(22)4-10(16)8-32-9(2)28/h4-7H,3,8,26H2,1-2H3. The Hall–Kier alpha value is -3.89. The number of rotatable bonds is 5. The van der Waals surface area contributed by atoms with Gasteiger partial charge in [0.2, 0.25) is 5.43 Å². The minimum atomic E-state index is -1.87. The molecule has 168 valence electrons. The van der Waals surface area contributed by atoms with Gasteiger partial charge < -0.3 is 19.8 Å². The van der Waals surface area contributed by atoms with Crippen molar-refractivity contribution in [1.29, 1.82) is 0 Å². The molecule has 0 saturated carbocycles. The summed E-state index contributed by atoms with van der Waals surface area (Å²) in [7, 11) is 0. The van der Waals surface area contributed by atoms with Crippen LogP contribution in [0.5, 0.6) is 0 Å². The maximum absolute atomic E-state index is 14.8. The molecule has 2 N–H and O–H groups in total. The SMILES string of the molecule is CCOC(=O)c1cn(-c2cc(N)c(F)cc2COC(C)=O)c2c(F)c(F)c(F)cc2c1=O. The largest absolute Gasteiger partial charge is 0.462 e. The van der Waals surface area contributed by atoms with Crippen LogP contribution < -0.4 is 11.2 Å². The molecule has 1 heterocycles. The first-order valence-electron chi connectivity index (χ1n) is 9.18. The molecular weight excluding hydrogens is 436 g/mol. The first kappa shape index (κ1) is 22.8. The number of pyridine rings is 1. The third-order valence-corrected chi connectivity index (χ3v) is 4.51. The second kappa shape index (κ2) is 8.69. The predicted octanol–water partition coefficient (Wildman–Crippen LogP) is 3.37. The van der Waals surface area contributed by atoms with Crippen LogP contribution in [-0.2, 0) is 20.9 Å². The summed E-state index contributed by atoms with van der Waals surface area (Å²) < 4.78 is 67.4. The van der Waals surface area contributed by atoms with Gasteiger partial charge in [-0.15, -0.1) is 0 Å². The summed E-state index contributed by atoms with van der Waals surface area (Å²) in [6.45, 7) is 1.96. The van der Waals surface area contributed by atoms with E-state index in [2.05, 4.69) is 0 Å². The first-order valence-corrected chi connectivity index (χ1v) is 9.18. The normalized spacial score (nSPS) is 10.9. The van der Waals surface area contributed by atoms with Crippen LogP contribution in [0.25, 0.3) is 16.6 Å². The second-order valence-corrected chi connectivity index (χ2v) is 6.63. The van der Waals surface area contributed by atoms with Crippen LogP contribution in [0, 0.1) is 23.3 Å². The number of anilines is 1. The number of hydrogen-bond donors (Lipinski definition) is 1. The average Bonchev–Trinajstić information content (AvgIpc) is 2.73. The van der Waals surface area contributed by atoms with Crippen molar-refractivity contribution in [2.75, 3.05) is 12.3 Å². The van der Waals surface area contributed by atoms with Crippen LogP contribution in [0.15, 0.2) is 29.2 Å². The van der Waals surface area contributed by atoms with E-state index in [4.69, 9.17) is 15.2 Å².